The van der Waals surface area contributed by atoms with Crippen LogP contribution in [0.4, 0.5) is 5.82 Å². The minimum Gasteiger partial charge on any atom is -0.335 e. The van der Waals surface area contributed by atoms with Crippen molar-refractivity contribution in [3.63, 3.8) is 0 Å². The smallest absolute Gasteiger partial charge is 0.228 e. The predicted octanol–water partition coefficient (Wildman–Crippen LogP) is 4.67. The van der Waals surface area contributed by atoms with Gasteiger partial charge in [-0.05, 0) is 31.0 Å². The summed E-state index contributed by atoms with van der Waals surface area (Å²) in [6, 6.07) is 7.07. The maximum atomic E-state index is 12.2. The van der Waals surface area contributed by atoms with Crippen molar-refractivity contribution >= 4 is 46.0 Å². The number of amides is 1. The van der Waals surface area contributed by atoms with E-state index in [9.17, 15) is 4.79 Å². The number of rotatable bonds is 3. The molecule has 0 radical (unpaired) electrons. The summed E-state index contributed by atoms with van der Waals surface area (Å²) in [6.07, 6.45) is 4.60. The Kier molecular flexibility index (Phi) is 3.90. The first-order chi connectivity index (χ1) is 11.6. The van der Waals surface area contributed by atoms with Crippen LogP contribution in [-0.4, -0.2) is 20.9 Å². The standard InChI is InChI=1S/C17H14Cl2N4O/c18-10-5-2-6-11(19)13(10)15-21-12-7-8-20-16(14(12)22-15)23-17(24)9-3-1-4-9/h2,5-9H,1,3-4H2,(H,21,22)(H,20,23,24). The molecule has 4 rings (SSSR count). The van der Waals surface area contributed by atoms with Crippen LogP contribution in [0.15, 0.2) is 30.5 Å². The van der Waals surface area contributed by atoms with Crippen LogP contribution in [-0.2, 0) is 4.79 Å². The molecule has 2 N–H and O–H groups in total. The van der Waals surface area contributed by atoms with Gasteiger partial charge in [-0.15, -0.1) is 0 Å². The van der Waals surface area contributed by atoms with E-state index in [1.807, 2.05) is 0 Å². The van der Waals surface area contributed by atoms with E-state index in [2.05, 4.69) is 20.3 Å². The number of nitrogens with one attached hydrogen (secondary N) is 2. The number of hydrogen-bond acceptors (Lipinski definition) is 3. The Morgan fingerprint density at radius 3 is 2.62 bits per heavy atom. The number of halogens is 2. The highest BCUT2D eigenvalue weighted by molar-refractivity contribution is 6.39. The number of benzene rings is 1. The Morgan fingerprint density at radius 1 is 1.21 bits per heavy atom. The van der Waals surface area contributed by atoms with Crippen LogP contribution in [0.3, 0.4) is 0 Å². The molecule has 0 aliphatic heterocycles. The third kappa shape index (κ3) is 2.64. The molecule has 0 spiro atoms. The molecule has 0 saturated heterocycles. The number of carbonyl (C=O) groups is 1. The number of nitrogens with zero attached hydrogens (tertiary/aromatic N) is 2. The van der Waals surface area contributed by atoms with Crippen molar-refractivity contribution < 1.29 is 4.79 Å². The first kappa shape index (κ1) is 15.4. The Labute approximate surface area is 148 Å². The number of aromatic amines is 1. The molecule has 1 fully saturated rings. The second kappa shape index (κ2) is 6.07. The Hall–Kier alpha value is -2.11. The van der Waals surface area contributed by atoms with Crippen molar-refractivity contribution in [2.75, 3.05) is 5.32 Å². The topological polar surface area (TPSA) is 70.7 Å². The maximum absolute atomic E-state index is 12.2. The SMILES string of the molecule is O=C(Nc1nccc2nc(-c3c(Cl)cccc3Cl)[nH]c12)C1CCC1. The third-order valence-electron chi connectivity index (χ3n) is 4.32. The summed E-state index contributed by atoms with van der Waals surface area (Å²) in [5.74, 6) is 1.12. The molecule has 1 aromatic carbocycles. The number of aromatic nitrogens is 3. The van der Waals surface area contributed by atoms with Gasteiger partial charge in [0.05, 0.1) is 21.1 Å². The van der Waals surface area contributed by atoms with Crippen LogP contribution in [0.2, 0.25) is 10.0 Å². The van der Waals surface area contributed by atoms with Crippen molar-refractivity contribution in [1.82, 2.24) is 15.0 Å². The molecule has 0 atom stereocenters. The first-order valence-corrected chi connectivity index (χ1v) is 8.49. The molecule has 122 valence electrons. The second-order valence-electron chi connectivity index (χ2n) is 5.85. The highest BCUT2D eigenvalue weighted by Crippen LogP contribution is 2.35. The molecule has 0 bridgehead atoms. The number of H-pyrrole nitrogens is 1. The third-order valence-corrected chi connectivity index (χ3v) is 4.95. The van der Waals surface area contributed by atoms with E-state index < -0.39 is 0 Å². The van der Waals surface area contributed by atoms with Crippen LogP contribution in [0.25, 0.3) is 22.4 Å². The molecule has 1 saturated carbocycles. The first-order valence-electron chi connectivity index (χ1n) is 7.73. The van der Waals surface area contributed by atoms with Crippen molar-refractivity contribution in [2.24, 2.45) is 5.92 Å². The molecule has 1 aliphatic rings. The van der Waals surface area contributed by atoms with Crippen LogP contribution < -0.4 is 5.32 Å². The molecule has 3 aromatic rings. The van der Waals surface area contributed by atoms with Gasteiger partial charge in [-0.25, -0.2) is 9.97 Å². The lowest BCUT2D eigenvalue weighted by molar-refractivity contribution is -0.122. The largest absolute Gasteiger partial charge is 0.335 e. The maximum Gasteiger partial charge on any atom is 0.228 e. The molecule has 2 aromatic heterocycles. The van der Waals surface area contributed by atoms with Gasteiger partial charge in [-0.1, -0.05) is 35.7 Å². The van der Waals surface area contributed by atoms with Gasteiger partial charge in [-0.2, -0.15) is 0 Å². The van der Waals surface area contributed by atoms with E-state index in [0.29, 0.717) is 38.3 Å². The summed E-state index contributed by atoms with van der Waals surface area (Å²) in [5, 5.41) is 3.91. The van der Waals surface area contributed by atoms with Gasteiger partial charge in [0, 0.05) is 12.1 Å². The average molecular weight is 361 g/mol. The quantitative estimate of drug-likeness (QED) is 0.712. The summed E-state index contributed by atoms with van der Waals surface area (Å²) in [6.45, 7) is 0. The normalized spacial score (nSPS) is 14.6. The van der Waals surface area contributed by atoms with E-state index in [1.54, 1.807) is 30.5 Å². The Bertz CT molecular complexity index is 913. The fraction of sp³-hybridized carbons (Fsp3) is 0.235. The van der Waals surface area contributed by atoms with E-state index in [0.717, 1.165) is 19.3 Å². The average Bonchev–Trinajstić information content (AvgIpc) is 2.90. The van der Waals surface area contributed by atoms with Crippen molar-refractivity contribution in [2.45, 2.75) is 19.3 Å². The van der Waals surface area contributed by atoms with Gasteiger partial charge in [0.15, 0.2) is 5.82 Å². The Morgan fingerprint density at radius 2 is 1.96 bits per heavy atom. The van der Waals surface area contributed by atoms with Crippen molar-refractivity contribution in [3.8, 4) is 11.4 Å². The number of pyridine rings is 1. The van der Waals surface area contributed by atoms with Gasteiger partial charge in [0.25, 0.3) is 0 Å². The molecule has 1 aliphatic carbocycles. The predicted molar refractivity (Wildman–Crippen MR) is 95.3 cm³/mol. The zero-order valence-electron chi connectivity index (χ0n) is 12.6. The lowest BCUT2D eigenvalue weighted by Gasteiger charge is -2.23. The fourth-order valence-corrected chi connectivity index (χ4v) is 3.34. The monoisotopic (exact) mass is 360 g/mol. The zero-order valence-corrected chi connectivity index (χ0v) is 14.2. The van der Waals surface area contributed by atoms with Crippen LogP contribution in [0.5, 0.6) is 0 Å². The Balaban J connectivity index is 1.75. The zero-order chi connectivity index (χ0) is 16.7. The van der Waals surface area contributed by atoms with E-state index in [4.69, 9.17) is 23.2 Å². The van der Waals surface area contributed by atoms with Crippen LogP contribution >= 0.6 is 23.2 Å². The number of fused-ring (bicyclic) bond motifs is 1. The molecule has 1 amide bonds. The summed E-state index contributed by atoms with van der Waals surface area (Å²) in [4.78, 5) is 24.2. The van der Waals surface area contributed by atoms with Gasteiger partial charge in [-0.3, -0.25) is 4.79 Å². The van der Waals surface area contributed by atoms with Crippen LogP contribution in [0.1, 0.15) is 19.3 Å². The molecular formula is C17H14Cl2N4O. The molecule has 5 nitrogen and oxygen atoms in total. The fourth-order valence-electron chi connectivity index (χ4n) is 2.76. The van der Waals surface area contributed by atoms with E-state index in [-0.39, 0.29) is 11.8 Å². The van der Waals surface area contributed by atoms with Gasteiger partial charge < -0.3 is 10.3 Å². The van der Waals surface area contributed by atoms with Crippen molar-refractivity contribution in [1.29, 1.82) is 0 Å². The lowest BCUT2D eigenvalue weighted by atomic mass is 9.85. The number of imidazole rings is 1. The summed E-state index contributed by atoms with van der Waals surface area (Å²) in [7, 11) is 0. The van der Waals surface area contributed by atoms with Gasteiger partial charge >= 0.3 is 0 Å². The highest BCUT2D eigenvalue weighted by atomic mass is 35.5. The lowest BCUT2D eigenvalue weighted by Crippen LogP contribution is -2.28. The second-order valence-corrected chi connectivity index (χ2v) is 6.67. The molecular weight excluding hydrogens is 347 g/mol. The minimum atomic E-state index is 0.00757. The van der Waals surface area contributed by atoms with Gasteiger partial charge in [0.2, 0.25) is 5.91 Å². The molecule has 2 heterocycles. The van der Waals surface area contributed by atoms with E-state index in [1.165, 1.54) is 0 Å². The highest BCUT2D eigenvalue weighted by Gasteiger charge is 2.26. The van der Waals surface area contributed by atoms with E-state index >= 15 is 0 Å². The molecule has 24 heavy (non-hydrogen) atoms. The van der Waals surface area contributed by atoms with Crippen LogP contribution in [0, 0.1) is 5.92 Å². The number of anilines is 1. The molecule has 7 heteroatoms. The number of carbonyl (C=O) groups excluding carboxylic acids is 1. The minimum absolute atomic E-state index is 0.00757. The summed E-state index contributed by atoms with van der Waals surface area (Å²) < 4.78 is 0. The summed E-state index contributed by atoms with van der Waals surface area (Å²) in [5.41, 5.74) is 1.99. The number of hydrogen-bond donors (Lipinski definition) is 2. The van der Waals surface area contributed by atoms with Crippen molar-refractivity contribution in [3.05, 3.63) is 40.5 Å². The van der Waals surface area contributed by atoms with Gasteiger partial charge in [0.1, 0.15) is 11.3 Å². The molecule has 0 unspecified atom stereocenters. The summed E-state index contributed by atoms with van der Waals surface area (Å²) >= 11 is 12.5.